The Kier molecular flexibility index (Phi) is 6.01. The van der Waals surface area contributed by atoms with Gasteiger partial charge in [0.15, 0.2) is 5.78 Å². The van der Waals surface area contributed by atoms with Crippen molar-refractivity contribution in [2.24, 2.45) is 0 Å². The molecule has 2 N–H and O–H groups in total. The summed E-state index contributed by atoms with van der Waals surface area (Å²) < 4.78 is 14.0. The molecule has 0 aromatic heterocycles. The van der Waals surface area contributed by atoms with Crippen LogP contribution in [0.1, 0.15) is 21.5 Å². The van der Waals surface area contributed by atoms with Crippen molar-refractivity contribution in [3.05, 3.63) is 82.1 Å². The van der Waals surface area contributed by atoms with Gasteiger partial charge >= 0.3 is 0 Å². The van der Waals surface area contributed by atoms with Crippen molar-refractivity contribution >= 4 is 35.4 Å². The Balaban J connectivity index is 2.12. The minimum absolute atomic E-state index is 0.237. The summed E-state index contributed by atoms with van der Waals surface area (Å²) >= 11 is 5.76. The predicted octanol–water partition coefficient (Wildman–Crippen LogP) is 3.89. The van der Waals surface area contributed by atoms with E-state index in [9.17, 15) is 14.0 Å². The Morgan fingerprint density at radius 1 is 1.04 bits per heavy atom. The van der Waals surface area contributed by atoms with Gasteiger partial charge in [0, 0.05) is 22.2 Å². The fourth-order valence-corrected chi connectivity index (χ4v) is 1.99. The fourth-order valence-electron chi connectivity index (χ4n) is 1.87. The minimum Gasteiger partial charge on any atom is -0.289 e. The van der Waals surface area contributed by atoms with E-state index >= 15 is 0 Å². The van der Waals surface area contributed by atoms with Gasteiger partial charge in [0.25, 0.3) is 5.91 Å². The molecule has 122 valence electrons. The molecule has 0 spiro atoms. The zero-order valence-electron chi connectivity index (χ0n) is 12.4. The molecule has 4 nitrogen and oxygen atoms in total. The highest BCUT2D eigenvalue weighted by Crippen LogP contribution is 2.15. The van der Waals surface area contributed by atoms with Crippen LogP contribution in [0.5, 0.6) is 0 Å². The second kappa shape index (κ2) is 8.19. The smallest absolute Gasteiger partial charge is 0.267 e. The van der Waals surface area contributed by atoms with Crippen LogP contribution in [0.25, 0.3) is 12.2 Å². The van der Waals surface area contributed by atoms with Crippen molar-refractivity contribution in [1.82, 2.24) is 5.48 Å². The van der Waals surface area contributed by atoms with Crippen molar-refractivity contribution in [3.63, 3.8) is 0 Å². The first-order valence-electron chi connectivity index (χ1n) is 6.89. The quantitative estimate of drug-likeness (QED) is 0.374. The van der Waals surface area contributed by atoms with Crippen molar-refractivity contribution in [1.29, 1.82) is 0 Å². The van der Waals surface area contributed by atoms with Crippen molar-refractivity contribution in [2.75, 3.05) is 0 Å². The highest BCUT2D eigenvalue weighted by molar-refractivity contribution is 6.30. The number of hydroxylamine groups is 1. The summed E-state index contributed by atoms with van der Waals surface area (Å²) in [4.78, 5) is 22.9. The van der Waals surface area contributed by atoms with Crippen LogP contribution in [0.4, 0.5) is 4.39 Å². The summed E-state index contributed by atoms with van der Waals surface area (Å²) in [6.07, 6.45) is 5.06. The van der Waals surface area contributed by atoms with Gasteiger partial charge in [-0.3, -0.25) is 14.8 Å². The molecule has 0 aliphatic heterocycles. The van der Waals surface area contributed by atoms with E-state index in [0.29, 0.717) is 16.1 Å². The second-order valence-corrected chi connectivity index (χ2v) is 5.23. The van der Waals surface area contributed by atoms with Crippen LogP contribution < -0.4 is 5.48 Å². The summed E-state index contributed by atoms with van der Waals surface area (Å²) in [6, 6.07) is 10.7. The van der Waals surface area contributed by atoms with Crippen LogP contribution in [0.2, 0.25) is 5.02 Å². The molecule has 0 unspecified atom stereocenters. The summed E-state index contributed by atoms with van der Waals surface area (Å²) in [6.45, 7) is 0. The van der Waals surface area contributed by atoms with E-state index in [-0.39, 0.29) is 11.3 Å². The first-order valence-corrected chi connectivity index (χ1v) is 7.27. The number of halogens is 2. The summed E-state index contributed by atoms with van der Waals surface area (Å²) in [5.41, 5.74) is 2.57. The Morgan fingerprint density at radius 3 is 2.38 bits per heavy atom. The van der Waals surface area contributed by atoms with E-state index in [0.717, 1.165) is 6.08 Å². The van der Waals surface area contributed by atoms with E-state index < -0.39 is 11.7 Å². The van der Waals surface area contributed by atoms with Gasteiger partial charge in [-0.1, -0.05) is 23.7 Å². The van der Waals surface area contributed by atoms with E-state index in [2.05, 4.69) is 0 Å². The molecule has 0 heterocycles. The Hall–Kier alpha value is -2.76. The molecule has 2 rings (SSSR count). The monoisotopic (exact) mass is 345 g/mol. The standard InChI is InChI=1S/C18H13ClFNO3/c19-15-7-4-14(5-8-15)17(22)9-6-13-3-1-12(11-16(13)20)2-10-18(23)21-24/h1-11,24H,(H,21,23). The van der Waals surface area contributed by atoms with Crippen molar-refractivity contribution < 1.29 is 19.2 Å². The number of hydrogen-bond acceptors (Lipinski definition) is 3. The maximum atomic E-state index is 14.0. The largest absolute Gasteiger partial charge is 0.289 e. The number of carbonyl (C=O) groups excluding carboxylic acids is 2. The second-order valence-electron chi connectivity index (χ2n) is 4.79. The van der Waals surface area contributed by atoms with Gasteiger partial charge in [-0.25, -0.2) is 9.87 Å². The van der Waals surface area contributed by atoms with Gasteiger partial charge in [-0.05, 0) is 54.1 Å². The van der Waals surface area contributed by atoms with Crippen molar-refractivity contribution in [3.8, 4) is 0 Å². The average molecular weight is 346 g/mol. The molecule has 24 heavy (non-hydrogen) atoms. The molecule has 0 saturated heterocycles. The molecule has 0 saturated carbocycles. The van der Waals surface area contributed by atoms with Crippen LogP contribution in [0, 0.1) is 5.82 Å². The lowest BCUT2D eigenvalue weighted by atomic mass is 10.1. The molecule has 0 fully saturated rings. The third-order valence-electron chi connectivity index (χ3n) is 3.10. The molecule has 2 aromatic rings. The summed E-state index contributed by atoms with van der Waals surface area (Å²) in [5, 5.41) is 8.90. The Bertz CT molecular complexity index is 814. The third-order valence-corrected chi connectivity index (χ3v) is 3.36. The van der Waals surface area contributed by atoms with Crippen LogP contribution >= 0.6 is 11.6 Å². The number of hydrogen-bond donors (Lipinski definition) is 2. The Morgan fingerprint density at radius 2 is 1.75 bits per heavy atom. The molecule has 0 radical (unpaired) electrons. The summed E-state index contributed by atoms with van der Waals surface area (Å²) in [7, 11) is 0. The van der Waals surface area contributed by atoms with Gasteiger partial charge in [0.2, 0.25) is 0 Å². The van der Waals surface area contributed by atoms with Gasteiger partial charge in [-0.2, -0.15) is 0 Å². The number of ketones is 1. The molecule has 0 aliphatic rings. The van der Waals surface area contributed by atoms with Gasteiger partial charge in [-0.15, -0.1) is 0 Å². The van der Waals surface area contributed by atoms with E-state index in [4.69, 9.17) is 16.8 Å². The van der Waals surface area contributed by atoms with Crippen LogP contribution in [0.3, 0.4) is 0 Å². The topological polar surface area (TPSA) is 66.4 Å². The van der Waals surface area contributed by atoms with Gasteiger partial charge in [0.1, 0.15) is 5.82 Å². The number of amides is 1. The van der Waals surface area contributed by atoms with Gasteiger partial charge in [0.05, 0.1) is 0 Å². The minimum atomic E-state index is -0.715. The number of allylic oxidation sites excluding steroid dienone is 1. The highest BCUT2D eigenvalue weighted by atomic mass is 35.5. The Labute approximate surface area is 142 Å². The van der Waals surface area contributed by atoms with E-state index in [1.54, 1.807) is 30.3 Å². The average Bonchev–Trinajstić information content (AvgIpc) is 2.59. The molecular weight excluding hydrogens is 333 g/mol. The molecular formula is C18H13ClFNO3. The molecule has 2 aromatic carbocycles. The van der Waals surface area contributed by atoms with Crippen LogP contribution in [0.15, 0.2) is 54.6 Å². The molecule has 0 aliphatic carbocycles. The number of nitrogens with one attached hydrogen (secondary N) is 1. The number of rotatable bonds is 5. The highest BCUT2D eigenvalue weighted by Gasteiger charge is 2.04. The lowest BCUT2D eigenvalue weighted by Crippen LogP contribution is -2.14. The SMILES string of the molecule is O=C(C=Cc1ccc(C=CC(=O)c2ccc(Cl)cc2)c(F)c1)NO. The normalized spacial score (nSPS) is 11.1. The zero-order chi connectivity index (χ0) is 17.5. The maximum Gasteiger partial charge on any atom is 0.267 e. The first kappa shape index (κ1) is 17.6. The first-order chi connectivity index (χ1) is 11.5. The predicted molar refractivity (Wildman–Crippen MR) is 90.2 cm³/mol. The molecule has 0 atom stereocenters. The van der Waals surface area contributed by atoms with E-state index in [1.807, 2.05) is 0 Å². The molecule has 6 heteroatoms. The fraction of sp³-hybridized carbons (Fsp3) is 0. The number of carbonyl (C=O) groups is 2. The molecule has 0 bridgehead atoms. The zero-order valence-corrected chi connectivity index (χ0v) is 13.1. The molecule has 1 amide bonds. The van der Waals surface area contributed by atoms with E-state index in [1.165, 1.54) is 35.8 Å². The van der Waals surface area contributed by atoms with Crippen LogP contribution in [-0.2, 0) is 4.79 Å². The number of benzene rings is 2. The van der Waals surface area contributed by atoms with Crippen molar-refractivity contribution in [2.45, 2.75) is 0 Å². The maximum absolute atomic E-state index is 14.0. The summed E-state index contributed by atoms with van der Waals surface area (Å²) in [5.74, 6) is -1.52. The van der Waals surface area contributed by atoms with Gasteiger partial charge < -0.3 is 0 Å². The van der Waals surface area contributed by atoms with Crippen LogP contribution in [-0.4, -0.2) is 16.9 Å². The lowest BCUT2D eigenvalue weighted by molar-refractivity contribution is -0.124. The lowest BCUT2D eigenvalue weighted by Gasteiger charge is -2.00. The third kappa shape index (κ3) is 4.87.